The molecule has 1 saturated heterocycles. The van der Waals surface area contributed by atoms with Crippen molar-refractivity contribution in [3.63, 3.8) is 0 Å². The van der Waals surface area contributed by atoms with Gasteiger partial charge in [0.1, 0.15) is 0 Å². The molecule has 0 radical (unpaired) electrons. The maximum absolute atomic E-state index is 11.5. The van der Waals surface area contributed by atoms with Crippen LogP contribution >= 0.6 is 0 Å². The molecule has 3 N–H and O–H groups in total. The van der Waals surface area contributed by atoms with Crippen molar-refractivity contribution in [3.05, 3.63) is 29.3 Å². The highest BCUT2D eigenvalue weighted by Gasteiger charge is 2.13. The molecule has 1 heterocycles. The van der Waals surface area contributed by atoms with E-state index in [0.29, 0.717) is 11.6 Å². The number of rotatable bonds is 4. The number of hydrogen-bond donors (Lipinski definition) is 3. The largest absolute Gasteiger partial charge is 0.383 e. The Morgan fingerprint density at radius 2 is 2.33 bits per heavy atom. The van der Waals surface area contributed by atoms with E-state index in [2.05, 4.69) is 16.0 Å². The molecule has 2 rings (SSSR count). The molecule has 1 aliphatic rings. The first-order chi connectivity index (χ1) is 8.70. The standard InChI is InChI=1S/C14H21N3O/c1-10-8-11(14(18)15-2)5-6-13(10)17-9-12-4-3-7-16-12/h5-6,8,12,16-17H,3-4,7,9H2,1-2H3,(H,15,18). The predicted octanol–water partition coefficient (Wildman–Crippen LogP) is 1.52. The van der Waals surface area contributed by atoms with Gasteiger partial charge in [-0.25, -0.2) is 0 Å². The number of aryl methyl sites for hydroxylation is 1. The number of amides is 1. The van der Waals surface area contributed by atoms with Crippen molar-refractivity contribution < 1.29 is 4.79 Å². The van der Waals surface area contributed by atoms with Crippen molar-refractivity contribution in [2.75, 3.05) is 25.5 Å². The van der Waals surface area contributed by atoms with Crippen LogP contribution < -0.4 is 16.0 Å². The van der Waals surface area contributed by atoms with Crippen LogP contribution in [0.4, 0.5) is 5.69 Å². The van der Waals surface area contributed by atoms with Crippen molar-refractivity contribution in [3.8, 4) is 0 Å². The van der Waals surface area contributed by atoms with Gasteiger partial charge in [0.2, 0.25) is 0 Å². The molecule has 1 aliphatic heterocycles. The third-order valence-corrected chi connectivity index (χ3v) is 3.42. The van der Waals surface area contributed by atoms with Crippen LogP contribution in [-0.2, 0) is 0 Å². The Morgan fingerprint density at radius 3 is 2.94 bits per heavy atom. The molecular weight excluding hydrogens is 226 g/mol. The second-order valence-electron chi connectivity index (χ2n) is 4.78. The van der Waals surface area contributed by atoms with Gasteiger partial charge in [0.15, 0.2) is 0 Å². The van der Waals surface area contributed by atoms with Crippen LogP contribution in [0.1, 0.15) is 28.8 Å². The first-order valence-corrected chi connectivity index (χ1v) is 6.50. The summed E-state index contributed by atoms with van der Waals surface area (Å²) in [6.45, 7) is 4.10. The summed E-state index contributed by atoms with van der Waals surface area (Å²) in [5.74, 6) is -0.0397. The number of carbonyl (C=O) groups is 1. The van der Waals surface area contributed by atoms with Gasteiger partial charge in [0, 0.05) is 30.9 Å². The fraction of sp³-hybridized carbons (Fsp3) is 0.500. The van der Waals surface area contributed by atoms with Crippen molar-refractivity contribution >= 4 is 11.6 Å². The van der Waals surface area contributed by atoms with Gasteiger partial charge >= 0.3 is 0 Å². The molecule has 1 fully saturated rings. The maximum Gasteiger partial charge on any atom is 0.251 e. The summed E-state index contributed by atoms with van der Waals surface area (Å²) in [7, 11) is 1.65. The Morgan fingerprint density at radius 1 is 1.50 bits per heavy atom. The normalized spacial score (nSPS) is 18.7. The molecule has 18 heavy (non-hydrogen) atoms. The van der Waals surface area contributed by atoms with E-state index < -0.39 is 0 Å². The Kier molecular flexibility index (Phi) is 4.20. The van der Waals surface area contributed by atoms with E-state index in [-0.39, 0.29) is 5.91 Å². The van der Waals surface area contributed by atoms with Crippen molar-refractivity contribution in [2.24, 2.45) is 0 Å². The summed E-state index contributed by atoms with van der Waals surface area (Å²) in [5.41, 5.74) is 2.92. The summed E-state index contributed by atoms with van der Waals surface area (Å²) in [4.78, 5) is 11.5. The lowest BCUT2D eigenvalue weighted by Gasteiger charge is -2.15. The summed E-state index contributed by atoms with van der Waals surface area (Å²) in [6.07, 6.45) is 2.50. The van der Waals surface area contributed by atoms with Crippen LogP contribution in [0.25, 0.3) is 0 Å². The zero-order valence-electron chi connectivity index (χ0n) is 11.0. The molecule has 4 heteroatoms. The van der Waals surface area contributed by atoms with Crippen molar-refractivity contribution in [2.45, 2.75) is 25.8 Å². The zero-order chi connectivity index (χ0) is 13.0. The Hall–Kier alpha value is -1.55. The summed E-state index contributed by atoms with van der Waals surface area (Å²) < 4.78 is 0. The lowest BCUT2D eigenvalue weighted by molar-refractivity contribution is 0.0963. The van der Waals surface area contributed by atoms with Crippen molar-refractivity contribution in [1.29, 1.82) is 0 Å². The van der Waals surface area contributed by atoms with Gasteiger partial charge in [-0.3, -0.25) is 4.79 Å². The number of anilines is 1. The highest BCUT2D eigenvalue weighted by atomic mass is 16.1. The first-order valence-electron chi connectivity index (χ1n) is 6.50. The van der Waals surface area contributed by atoms with E-state index in [1.165, 1.54) is 12.8 Å². The molecule has 0 aromatic heterocycles. The van der Waals surface area contributed by atoms with Crippen molar-refractivity contribution in [1.82, 2.24) is 10.6 Å². The zero-order valence-corrected chi connectivity index (χ0v) is 11.0. The highest BCUT2D eigenvalue weighted by molar-refractivity contribution is 5.94. The monoisotopic (exact) mass is 247 g/mol. The van der Waals surface area contributed by atoms with Crippen LogP contribution in [0.15, 0.2) is 18.2 Å². The van der Waals surface area contributed by atoms with Gasteiger partial charge in [0.25, 0.3) is 5.91 Å². The van der Waals surface area contributed by atoms with E-state index in [4.69, 9.17) is 0 Å². The lowest BCUT2D eigenvalue weighted by Crippen LogP contribution is -2.29. The summed E-state index contributed by atoms with van der Waals surface area (Å²) in [6, 6.07) is 6.33. The molecule has 98 valence electrons. The summed E-state index contributed by atoms with van der Waals surface area (Å²) in [5, 5.41) is 9.54. The van der Waals surface area contributed by atoms with Gasteiger partial charge in [-0.05, 0) is 50.1 Å². The quantitative estimate of drug-likeness (QED) is 0.756. The van der Waals surface area contributed by atoms with Crippen LogP contribution in [0.3, 0.4) is 0 Å². The maximum atomic E-state index is 11.5. The smallest absolute Gasteiger partial charge is 0.251 e. The molecule has 0 saturated carbocycles. The number of hydrogen-bond acceptors (Lipinski definition) is 3. The molecule has 1 aromatic rings. The van der Waals surface area contributed by atoms with Gasteiger partial charge < -0.3 is 16.0 Å². The van der Waals surface area contributed by atoms with E-state index in [0.717, 1.165) is 24.3 Å². The SMILES string of the molecule is CNC(=O)c1ccc(NCC2CCCN2)c(C)c1. The number of benzene rings is 1. The molecule has 4 nitrogen and oxygen atoms in total. The molecular formula is C14H21N3O. The topological polar surface area (TPSA) is 53.2 Å². The average molecular weight is 247 g/mol. The number of nitrogens with one attached hydrogen (secondary N) is 3. The second kappa shape index (κ2) is 5.87. The second-order valence-corrected chi connectivity index (χ2v) is 4.78. The van der Waals surface area contributed by atoms with E-state index in [1.807, 2.05) is 25.1 Å². The third-order valence-electron chi connectivity index (χ3n) is 3.42. The van der Waals surface area contributed by atoms with Crippen LogP contribution in [0.5, 0.6) is 0 Å². The van der Waals surface area contributed by atoms with Gasteiger partial charge in [0.05, 0.1) is 0 Å². The van der Waals surface area contributed by atoms with Crippen LogP contribution in [0.2, 0.25) is 0 Å². The fourth-order valence-electron chi connectivity index (χ4n) is 2.31. The van der Waals surface area contributed by atoms with Gasteiger partial charge in [-0.2, -0.15) is 0 Å². The van der Waals surface area contributed by atoms with E-state index in [1.54, 1.807) is 7.05 Å². The molecule has 0 aliphatic carbocycles. The number of carbonyl (C=O) groups excluding carboxylic acids is 1. The highest BCUT2D eigenvalue weighted by Crippen LogP contribution is 2.17. The summed E-state index contributed by atoms with van der Waals surface area (Å²) >= 11 is 0. The molecule has 1 amide bonds. The minimum Gasteiger partial charge on any atom is -0.383 e. The fourth-order valence-corrected chi connectivity index (χ4v) is 2.31. The van der Waals surface area contributed by atoms with Gasteiger partial charge in [-0.1, -0.05) is 0 Å². The Bertz CT molecular complexity index is 425. The van der Waals surface area contributed by atoms with Crippen LogP contribution in [0, 0.1) is 6.92 Å². The third kappa shape index (κ3) is 3.01. The minimum absolute atomic E-state index is 0.0397. The average Bonchev–Trinajstić information content (AvgIpc) is 2.89. The molecule has 0 spiro atoms. The first kappa shape index (κ1) is 12.9. The van der Waals surface area contributed by atoms with E-state index >= 15 is 0 Å². The van der Waals surface area contributed by atoms with E-state index in [9.17, 15) is 4.79 Å². The Labute approximate surface area is 108 Å². The predicted molar refractivity (Wildman–Crippen MR) is 74.1 cm³/mol. The molecule has 0 bridgehead atoms. The molecule has 1 atom stereocenters. The minimum atomic E-state index is -0.0397. The lowest BCUT2D eigenvalue weighted by atomic mass is 10.1. The molecule has 1 aromatic carbocycles. The van der Waals surface area contributed by atoms with Gasteiger partial charge in [-0.15, -0.1) is 0 Å². The van der Waals surface area contributed by atoms with Crippen LogP contribution in [-0.4, -0.2) is 32.1 Å². The Balaban J connectivity index is 1.98. The molecule has 1 unspecified atom stereocenters.